The van der Waals surface area contributed by atoms with Crippen molar-refractivity contribution in [2.24, 2.45) is 0 Å². The van der Waals surface area contributed by atoms with E-state index in [1.807, 2.05) is 44.2 Å². The SMILES string of the molecule is CC(C)=Cc1c(O)c#cc2ccccc12. The van der Waals surface area contributed by atoms with Crippen LogP contribution in [0, 0.1) is 12.1 Å². The number of hydrogen-bond donors (Lipinski definition) is 1. The van der Waals surface area contributed by atoms with Gasteiger partial charge in [-0.15, -0.1) is 0 Å². The number of hydrogen-bond acceptors (Lipinski definition) is 1. The van der Waals surface area contributed by atoms with Crippen LogP contribution in [0.5, 0.6) is 5.75 Å². The lowest BCUT2D eigenvalue weighted by Crippen LogP contribution is -1.79. The molecule has 0 amide bonds. The van der Waals surface area contributed by atoms with Crippen molar-refractivity contribution in [3.8, 4) is 5.75 Å². The minimum Gasteiger partial charge on any atom is -0.500 e. The standard InChI is InChI=1S/C14H12O/c1-10(2)9-13-12-6-4-3-5-11(12)7-8-14(13)15/h3-6,9,15H,1-2H3. The Morgan fingerprint density at radius 3 is 2.67 bits per heavy atom. The Balaban J connectivity index is 2.80. The first kappa shape index (κ1) is 9.61. The quantitative estimate of drug-likeness (QED) is 0.739. The van der Waals surface area contributed by atoms with Crippen LogP contribution >= 0.6 is 0 Å². The highest BCUT2D eigenvalue weighted by atomic mass is 16.3. The second kappa shape index (κ2) is 3.67. The van der Waals surface area contributed by atoms with Gasteiger partial charge in [-0.1, -0.05) is 35.9 Å². The molecule has 0 atom stereocenters. The van der Waals surface area contributed by atoms with E-state index in [1.165, 1.54) is 0 Å². The Kier molecular flexibility index (Phi) is 2.35. The van der Waals surface area contributed by atoms with Crippen LogP contribution in [0.4, 0.5) is 0 Å². The summed E-state index contributed by atoms with van der Waals surface area (Å²) in [5.41, 5.74) is 1.97. The molecule has 0 aliphatic heterocycles. The van der Waals surface area contributed by atoms with Crippen LogP contribution in [-0.4, -0.2) is 5.11 Å². The molecule has 0 spiro atoms. The van der Waals surface area contributed by atoms with E-state index in [1.54, 1.807) is 0 Å². The molecule has 2 rings (SSSR count). The summed E-state index contributed by atoms with van der Waals surface area (Å²) in [7, 11) is 0. The molecule has 2 aromatic carbocycles. The first-order chi connectivity index (χ1) is 7.18. The minimum atomic E-state index is 0.162. The Morgan fingerprint density at radius 1 is 1.20 bits per heavy atom. The normalized spacial score (nSPS) is 9.73. The van der Waals surface area contributed by atoms with Crippen LogP contribution in [0.1, 0.15) is 19.4 Å². The fraction of sp³-hybridized carbons (Fsp3) is 0.143. The molecule has 0 heterocycles. The van der Waals surface area contributed by atoms with E-state index in [2.05, 4.69) is 12.1 Å². The van der Waals surface area contributed by atoms with Gasteiger partial charge in [-0.05, 0) is 26.0 Å². The van der Waals surface area contributed by atoms with Crippen molar-refractivity contribution >= 4 is 16.8 Å². The summed E-state index contributed by atoms with van der Waals surface area (Å²) >= 11 is 0. The molecule has 74 valence electrons. The number of fused-ring (bicyclic) bond motifs is 1. The maximum atomic E-state index is 9.73. The highest BCUT2D eigenvalue weighted by Crippen LogP contribution is 2.26. The number of rotatable bonds is 1. The number of allylic oxidation sites excluding steroid dienone is 1. The summed E-state index contributed by atoms with van der Waals surface area (Å²) < 4.78 is 0. The van der Waals surface area contributed by atoms with Crippen LogP contribution < -0.4 is 0 Å². The Bertz CT molecular complexity index is 520. The van der Waals surface area contributed by atoms with Gasteiger partial charge in [-0.25, -0.2) is 0 Å². The van der Waals surface area contributed by atoms with Gasteiger partial charge >= 0.3 is 0 Å². The summed E-state index contributed by atoms with van der Waals surface area (Å²) in [6.07, 6.45) is 1.96. The smallest absolute Gasteiger partial charge is 0.175 e. The molecule has 0 unspecified atom stereocenters. The van der Waals surface area contributed by atoms with Crippen LogP contribution in [0.2, 0.25) is 0 Å². The van der Waals surface area contributed by atoms with Gasteiger partial charge in [0.05, 0.1) is 0 Å². The average molecular weight is 196 g/mol. The van der Waals surface area contributed by atoms with Gasteiger partial charge in [0.1, 0.15) is 0 Å². The molecule has 2 aromatic rings. The average Bonchev–Trinajstić information content (AvgIpc) is 2.22. The molecule has 0 aliphatic carbocycles. The fourth-order valence-electron chi connectivity index (χ4n) is 1.58. The van der Waals surface area contributed by atoms with Crippen molar-refractivity contribution in [1.82, 2.24) is 0 Å². The third-order valence-electron chi connectivity index (χ3n) is 2.22. The predicted octanol–water partition coefficient (Wildman–Crippen LogP) is 3.57. The van der Waals surface area contributed by atoms with Gasteiger partial charge in [0.25, 0.3) is 0 Å². The predicted molar refractivity (Wildman–Crippen MR) is 62.6 cm³/mol. The summed E-state index contributed by atoms with van der Waals surface area (Å²) in [6.45, 7) is 4.01. The Morgan fingerprint density at radius 2 is 1.93 bits per heavy atom. The van der Waals surface area contributed by atoms with E-state index in [9.17, 15) is 5.11 Å². The van der Waals surface area contributed by atoms with Crippen molar-refractivity contribution in [1.29, 1.82) is 0 Å². The maximum Gasteiger partial charge on any atom is 0.175 e. The zero-order chi connectivity index (χ0) is 10.8. The fourth-order valence-corrected chi connectivity index (χ4v) is 1.58. The molecule has 1 N–H and O–H groups in total. The number of benzene rings is 1. The molecule has 0 saturated heterocycles. The molecule has 15 heavy (non-hydrogen) atoms. The van der Waals surface area contributed by atoms with Crippen molar-refractivity contribution in [3.05, 3.63) is 47.5 Å². The van der Waals surface area contributed by atoms with Crippen molar-refractivity contribution in [2.75, 3.05) is 0 Å². The maximum absolute atomic E-state index is 9.73. The van der Waals surface area contributed by atoms with Gasteiger partial charge in [0, 0.05) is 16.3 Å². The lowest BCUT2D eigenvalue weighted by Gasteiger charge is -2.02. The zero-order valence-electron chi connectivity index (χ0n) is 8.83. The highest BCUT2D eigenvalue weighted by molar-refractivity contribution is 5.91. The van der Waals surface area contributed by atoms with Crippen LogP contribution in [0.3, 0.4) is 0 Å². The second-order valence-electron chi connectivity index (χ2n) is 3.78. The van der Waals surface area contributed by atoms with E-state index in [0.29, 0.717) is 0 Å². The van der Waals surface area contributed by atoms with Gasteiger partial charge in [0.2, 0.25) is 0 Å². The Labute approximate surface area is 89.7 Å². The third kappa shape index (κ3) is 1.80. The van der Waals surface area contributed by atoms with Crippen molar-refractivity contribution in [2.45, 2.75) is 13.8 Å². The summed E-state index contributed by atoms with van der Waals surface area (Å²) in [4.78, 5) is 0. The molecule has 0 aromatic heterocycles. The lowest BCUT2D eigenvalue weighted by atomic mass is 10.0. The Hall–Kier alpha value is -1.94. The van der Waals surface area contributed by atoms with Crippen LogP contribution in [0.15, 0.2) is 29.8 Å². The van der Waals surface area contributed by atoms with Gasteiger partial charge < -0.3 is 5.11 Å². The summed E-state index contributed by atoms with van der Waals surface area (Å²) in [5.74, 6) is 0.162. The van der Waals surface area contributed by atoms with E-state index < -0.39 is 0 Å². The van der Waals surface area contributed by atoms with Crippen LogP contribution in [0.25, 0.3) is 16.8 Å². The summed E-state index contributed by atoms with van der Waals surface area (Å²) in [6, 6.07) is 13.5. The first-order valence-corrected chi connectivity index (χ1v) is 4.88. The monoisotopic (exact) mass is 196 g/mol. The van der Waals surface area contributed by atoms with Crippen molar-refractivity contribution in [3.63, 3.8) is 0 Å². The van der Waals surface area contributed by atoms with Crippen molar-refractivity contribution < 1.29 is 5.11 Å². The first-order valence-electron chi connectivity index (χ1n) is 4.88. The molecule has 1 nitrogen and oxygen atoms in total. The topological polar surface area (TPSA) is 20.2 Å². The van der Waals surface area contributed by atoms with E-state index in [-0.39, 0.29) is 5.75 Å². The molecule has 0 saturated carbocycles. The third-order valence-corrected chi connectivity index (χ3v) is 2.22. The van der Waals surface area contributed by atoms with E-state index >= 15 is 0 Å². The minimum absolute atomic E-state index is 0.162. The van der Waals surface area contributed by atoms with Gasteiger partial charge in [-0.2, -0.15) is 0 Å². The molecular weight excluding hydrogens is 184 g/mol. The molecule has 0 fully saturated rings. The van der Waals surface area contributed by atoms with Gasteiger partial charge in [0.15, 0.2) is 5.75 Å². The molecule has 1 heteroatoms. The number of aromatic hydroxyl groups is 1. The second-order valence-corrected chi connectivity index (χ2v) is 3.78. The summed E-state index contributed by atoms with van der Waals surface area (Å²) in [5, 5.41) is 11.7. The van der Waals surface area contributed by atoms with Crippen LogP contribution in [-0.2, 0) is 0 Å². The van der Waals surface area contributed by atoms with Gasteiger partial charge in [-0.3, -0.25) is 0 Å². The molecule has 0 bridgehead atoms. The largest absolute Gasteiger partial charge is 0.500 e. The van der Waals surface area contributed by atoms with E-state index in [4.69, 9.17) is 0 Å². The molecule has 0 radical (unpaired) electrons. The highest BCUT2D eigenvalue weighted by Gasteiger charge is 2.02. The molecule has 0 aliphatic rings. The lowest BCUT2D eigenvalue weighted by molar-refractivity contribution is 0.475. The molecular formula is C14H12O. The zero-order valence-corrected chi connectivity index (χ0v) is 8.83. The van der Waals surface area contributed by atoms with E-state index in [0.717, 1.165) is 21.9 Å².